The van der Waals surface area contributed by atoms with E-state index < -0.39 is 0 Å². The van der Waals surface area contributed by atoms with E-state index >= 15 is 0 Å². The highest BCUT2D eigenvalue weighted by molar-refractivity contribution is 7.09. The van der Waals surface area contributed by atoms with Crippen molar-refractivity contribution < 1.29 is 14.3 Å². The van der Waals surface area contributed by atoms with Crippen molar-refractivity contribution in [1.29, 1.82) is 0 Å². The van der Waals surface area contributed by atoms with Crippen LogP contribution in [0.3, 0.4) is 0 Å². The minimum absolute atomic E-state index is 0.0117. The van der Waals surface area contributed by atoms with Gasteiger partial charge in [0.1, 0.15) is 11.9 Å². The van der Waals surface area contributed by atoms with Gasteiger partial charge in [0, 0.05) is 43.1 Å². The quantitative estimate of drug-likeness (QED) is 0.779. The van der Waals surface area contributed by atoms with E-state index in [4.69, 9.17) is 4.74 Å². The number of hydrogen-bond acceptors (Lipinski definition) is 4. The van der Waals surface area contributed by atoms with Gasteiger partial charge in [0.25, 0.3) is 0 Å². The molecule has 2 aromatic rings. The average Bonchev–Trinajstić information content (AvgIpc) is 3.40. The van der Waals surface area contributed by atoms with Crippen LogP contribution in [0.5, 0.6) is 5.75 Å². The second kappa shape index (κ2) is 7.95. The maximum absolute atomic E-state index is 12.7. The summed E-state index contributed by atoms with van der Waals surface area (Å²) in [4.78, 5) is 27.7. The number of para-hydroxylation sites is 1. The van der Waals surface area contributed by atoms with E-state index in [9.17, 15) is 9.59 Å². The molecule has 1 aromatic carbocycles. The Hall–Kier alpha value is -2.34. The molecule has 2 atom stereocenters. The van der Waals surface area contributed by atoms with Crippen LogP contribution in [0.2, 0.25) is 0 Å². The number of carbonyl (C=O) groups excluding carboxylic acids is 2. The number of ether oxygens (including phenoxy) is 1. The van der Waals surface area contributed by atoms with Gasteiger partial charge in [-0.2, -0.15) is 0 Å². The first-order valence-electron chi connectivity index (χ1n) is 9.85. The number of likely N-dealkylation sites (N-methyl/N-ethyl adjacent to an activating group) is 1. The van der Waals surface area contributed by atoms with E-state index in [1.54, 1.807) is 16.2 Å². The lowest BCUT2D eigenvalue weighted by Gasteiger charge is -2.30. The van der Waals surface area contributed by atoms with E-state index in [-0.39, 0.29) is 23.5 Å². The maximum Gasteiger partial charge on any atom is 0.222 e. The molecule has 2 amide bonds. The molecule has 2 aliphatic heterocycles. The van der Waals surface area contributed by atoms with Crippen molar-refractivity contribution in [1.82, 2.24) is 10.2 Å². The first-order valence-corrected chi connectivity index (χ1v) is 10.7. The van der Waals surface area contributed by atoms with Crippen molar-refractivity contribution in [3.05, 3.63) is 52.2 Å². The summed E-state index contributed by atoms with van der Waals surface area (Å²) in [6, 6.07) is 12.2. The number of fused-ring (bicyclic) bond motifs is 1. The minimum Gasteiger partial charge on any atom is -0.488 e. The molecule has 0 saturated carbocycles. The monoisotopic (exact) mass is 398 g/mol. The number of nitrogens with zero attached hydrogens (tertiary/aromatic N) is 1. The third kappa shape index (κ3) is 4.22. The van der Waals surface area contributed by atoms with Gasteiger partial charge in [-0.15, -0.1) is 11.3 Å². The van der Waals surface area contributed by atoms with Crippen LogP contribution >= 0.6 is 11.3 Å². The zero-order valence-electron chi connectivity index (χ0n) is 16.1. The molecule has 1 saturated heterocycles. The normalized spacial score (nSPS) is 23.2. The largest absolute Gasteiger partial charge is 0.488 e. The first-order chi connectivity index (χ1) is 13.5. The van der Waals surface area contributed by atoms with E-state index in [0.717, 1.165) is 25.0 Å². The molecular formula is C22H26N2O3S. The van der Waals surface area contributed by atoms with Crippen LogP contribution in [0.15, 0.2) is 41.8 Å². The van der Waals surface area contributed by atoms with Gasteiger partial charge >= 0.3 is 0 Å². The Bertz CT molecular complexity index is 826. The molecule has 3 heterocycles. The predicted octanol–water partition coefficient (Wildman–Crippen LogP) is 3.18. The topological polar surface area (TPSA) is 58.6 Å². The number of benzene rings is 1. The van der Waals surface area contributed by atoms with Gasteiger partial charge in [0.05, 0.1) is 6.54 Å². The lowest BCUT2D eigenvalue weighted by molar-refractivity contribution is -0.131. The molecule has 0 spiro atoms. The maximum atomic E-state index is 12.7. The van der Waals surface area contributed by atoms with Crippen molar-refractivity contribution in [2.45, 2.75) is 50.2 Å². The lowest BCUT2D eigenvalue weighted by atomic mass is 9.87. The molecule has 2 unspecified atom stereocenters. The average molecular weight is 399 g/mol. The van der Waals surface area contributed by atoms with Crippen LogP contribution in [0.1, 0.15) is 36.1 Å². The molecular weight excluding hydrogens is 372 g/mol. The first kappa shape index (κ1) is 19.0. The van der Waals surface area contributed by atoms with Gasteiger partial charge in [-0.25, -0.2) is 0 Å². The number of nitrogens with one attached hydrogen (secondary N) is 1. The van der Waals surface area contributed by atoms with Crippen LogP contribution in [-0.2, 0) is 22.4 Å². The van der Waals surface area contributed by atoms with E-state index in [1.807, 2.05) is 31.3 Å². The number of hydrogen-bond donors (Lipinski definition) is 1. The molecule has 28 heavy (non-hydrogen) atoms. The van der Waals surface area contributed by atoms with Crippen molar-refractivity contribution in [3.8, 4) is 5.75 Å². The summed E-state index contributed by atoms with van der Waals surface area (Å²) >= 11 is 1.70. The summed E-state index contributed by atoms with van der Waals surface area (Å²) in [5.41, 5.74) is 0.912. The Morgan fingerprint density at radius 2 is 2.18 bits per heavy atom. The summed E-state index contributed by atoms with van der Waals surface area (Å²) in [7, 11) is 1.84. The molecule has 0 bridgehead atoms. The summed E-state index contributed by atoms with van der Waals surface area (Å²) in [5, 5.41) is 5.21. The Morgan fingerprint density at radius 3 is 2.89 bits per heavy atom. The van der Waals surface area contributed by atoms with E-state index in [1.165, 1.54) is 10.4 Å². The van der Waals surface area contributed by atoms with Gasteiger partial charge in [-0.1, -0.05) is 24.3 Å². The third-order valence-electron chi connectivity index (χ3n) is 5.76. The van der Waals surface area contributed by atoms with Crippen molar-refractivity contribution in [2.24, 2.45) is 0 Å². The summed E-state index contributed by atoms with van der Waals surface area (Å²) in [5.74, 6) is 1.12. The molecule has 4 rings (SSSR count). The van der Waals surface area contributed by atoms with Crippen LogP contribution in [0.4, 0.5) is 0 Å². The third-order valence-corrected chi connectivity index (χ3v) is 6.64. The fourth-order valence-electron chi connectivity index (χ4n) is 4.23. The fourth-order valence-corrected chi connectivity index (χ4v) is 5.08. The van der Waals surface area contributed by atoms with Crippen molar-refractivity contribution in [2.75, 3.05) is 13.6 Å². The van der Waals surface area contributed by atoms with Gasteiger partial charge in [0.15, 0.2) is 0 Å². The van der Waals surface area contributed by atoms with E-state index in [0.29, 0.717) is 25.8 Å². The summed E-state index contributed by atoms with van der Waals surface area (Å²) in [6.45, 7) is 0.581. The zero-order chi connectivity index (χ0) is 19.6. The highest BCUT2D eigenvalue weighted by Crippen LogP contribution is 2.32. The zero-order valence-corrected chi connectivity index (χ0v) is 17.0. The number of carbonyl (C=O) groups is 2. The van der Waals surface area contributed by atoms with Gasteiger partial charge < -0.3 is 15.0 Å². The van der Waals surface area contributed by atoms with Gasteiger partial charge in [0.2, 0.25) is 11.8 Å². The fraction of sp³-hybridized carbons (Fsp3) is 0.455. The number of rotatable bonds is 7. The van der Waals surface area contributed by atoms with Crippen LogP contribution < -0.4 is 10.1 Å². The molecule has 0 aliphatic carbocycles. The Kier molecular flexibility index (Phi) is 5.40. The second-order valence-corrected chi connectivity index (χ2v) is 8.94. The summed E-state index contributed by atoms with van der Waals surface area (Å²) < 4.78 is 5.96. The Balaban J connectivity index is 1.31. The van der Waals surface area contributed by atoms with Crippen molar-refractivity contribution >= 4 is 23.2 Å². The molecule has 5 nitrogen and oxygen atoms in total. The number of thiophene rings is 1. The molecule has 2 aliphatic rings. The van der Waals surface area contributed by atoms with Crippen molar-refractivity contribution in [3.63, 3.8) is 0 Å². The summed E-state index contributed by atoms with van der Waals surface area (Å²) in [6.07, 6.45) is 4.09. The molecule has 1 N–H and O–H groups in total. The highest BCUT2D eigenvalue weighted by atomic mass is 32.1. The SMILES string of the molecule is CN(CC1Cc2ccccc2O1)C(=O)CCC1(Cc2cccs2)CCC(=O)N1. The van der Waals surface area contributed by atoms with E-state index in [2.05, 4.69) is 22.8 Å². The predicted molar refractivity (Wildman–Crippen MR) is 110 cm³/mol. The highest BCUT2D eigenvalue weighted by Gasteiger charge is 2.38. The molecule has 148 valence electrons. The van der Waals surface area contributed by atoms with Crippen LogP contribution in [0, 0.1) is 0 Å². The standard InChI is InChI=1S/C22H26N2O3S/c1-24(15-17-13-16-5-2-3-7-19(16)27-17)21(26)9-11-22(10-8-20(25)23-22)14-18-6-4-12-28-18/h2-7,12,17H,8-11,13-15H2,1H3,(H,23,25). The minimum atomic E-state index is -0.293. The van der Waals surface area contributed by atoms with Gasteiger partial charge in [-0.05, 0) is 35.9 Å². The van der Waals surface area contributed by atoms with Gasteiger partial charge in [-0.3, -0.25) is 9.59 Å². The lowest BCUT2D eigenvalue weighted by Crippen LogP contribution is -2.45. The second-order valence-electron chi connectivity index (χ2n) is 7.91. The molecule has 0 radical (unpaired) electrons. The molecule has 6 heteroatoms. The molecule has 1 fully saturated rings. The molecule has 1 aromatic heterocycles. The Labute approximate surface area is 169 Å². The smallest absolute Gasteiger partial charge is 0.222 e. The van der Waals surface area contributed by atoms with Crippen LogP contribution in [0.25, 0.3) is 0 Å². The van der Waals surface area contributed by atoms with Crippen LogP contribution in [-0.4, -0.2) is 41.9 Å². The Morgan fingerprint density at radius 1 is 1.32 bits per heavy atom. The number of amides is 2.